The number of aliphatic carboxylic acids is 1. The second-order valence-corrected chi connectivity index (χ2v) is 5.42. The Hall–Kier alpha value is -1.34. The third kappa shape index (κ3) is 3.61. The molecule has 20 heavy (non-hydrogen) atoms. The number of nitrogens with zero attached hydrogens (tertiary/aromatic N) is 2. The number of ether oxygens (including phenoxy) is 1. The van der Waals surface area contributed by atoms with Gasteiger partial charge in [-0.3, -0.25) is 4.79 Å². The summed E-state index contributed by atoms with van der Waals surface area (Å²) in [7, 11) is 0. The lowest BCUT2D eigenvalue weighted by molar-refractivity contribution is -0.138. The molecule has 114 valence electrons. The summed E-state index contributed by atoms with van der Waals surface area (Å²) in [5.41, 5.74) is 0. The Morgan fingerprint density at radius 3 is 2.50 bits per heavy atom. The Morgan fingerprint density at radius 1 is 1.20 bits per heavy atom. The van der Waals surface area contributed by atoms with E-state index < -0.39 is 5.97 Å². The number of aliphatic hydroxyl groups excluding tert-OH is 1. The number of urea groups is 1. The summed E-state index contributed by atoms with van der Waals surface area (Å²) in [5, 5.41) is 18.1. The first-order chi connectivity index (χ1) is 9.61. The number of carboxylic acid groups (broad SMARTS) is 1. The number of hydrogen-bond donors (Lipinski definition) is 2. The molecule has 0 bridgehead atoms. The van der Waals surface area contributed by atoms with E-state index in [9.17, 15) is 14.7 Å². The van der Waals surface area contributed by atoms with Gasteiger partial charge in [-0.2, -0.15) is 0 Å². The van der Waals surface area contributed by atoms with E-state index in [4.69, 9.17) is 9.84 Å². The van der Waals surface area contributed by atoms with Crippen LogP contribution >= 0.6 is 0 Å². The van der Waals surface area contributed by atoms with Gasteiger partial charge in [-0.05, 0) is 18.8 Å². The van der Waals surface area contributed by atoms with Crippen molar-refractivity contribution in [2.45, 2.75) is 25.3 Å². The van der Waals surface area contributed by atoms with E-state index in [0.29, 0.717) is 32.8 Å². The highest BCUT2D eigenvalue weighted by molar-refractivity contribution is 5.75. The van der Waals surface area contributed by atoms with Crippen LogP contribution in [-0.4, -0.2) is 77.5 Å². The van der Waals surface area contributed by atoms with Gasteiger partial charge in [0.1, 0.15) is 0 Å². The molecular weight excluding hydrogens is 264 g/mol. The Balaban J connectivity index is 1.86. The molecule has 7 nitrogen and oxygen atoms in total. The summed E-state index contributed by atoms with van der Waals surface area (Å²) in [6, 6.07) is -0.339. The van der Waals surface area contributed by atoms with E-state index in [0.717, 1.165) is 12.8 Å². The monoisotopic (exact) mass is 286 g/mol. The summed E-state index contributed by atoms with van der Waals surface area (Å²) in [6.07, 6.45) is 1.64. The van der Waals surface area contributed by atoms with Gasteiger partial charge in [0, 0.05) is 26.1 Å². The molecule has 1 atom stereocenters. The fraction of sp³-hybridized carbons (Fsp3) is 0.846. The lowest BCUT2D eigenvalue weighted by atomic mass is 9.94. The van der Waals surface area contributed by atoms with Gasteiger partial charge in [-0.15, -0.1) is 0 Å². The third-order valence-electron chi connectivity index (χ3n) is 4.03. The quantitative estimate of drug-likeness (QED) is 0.761. The molecule has 2 aliphatic rings. The largest absolute Gasteiger partial charge is 0.481 e. The van der Waals surface area contributed by atoms with Gasteiger partial charge in [0.15, 0.2) is 0 Å². The van der Waals surface area contributed by atoms with Crippen molar-refractivity contribution in [2.24, 2.45) is 5.92 Å². The molecule has 0 spiro atoms. The van der Waals surface area contributed by atoms with Crippen molar-refractivity contribution in [3.63, 3.8) is 0 Å². The zero-order valence-corrected chi connectivity index (χ0v) is 11.5. The molecule has 0 aromatic rings. The molecule has 2 rings (SSSR count). The minimum Gasteiger partial charge on any atom is -0.481 e. The van der Waals surface area contributed by atoms with Gasteiger partial charge >= 0.3 is 12.0 Å². The number of carbonyl (C=O) groups is 2. The van der Waals surface area contributed by atoms with Crippen LogP contribution in [0.15, 0.2) is 0 Å². The maximum Gasteiger partial charge on any atom is 0.320 e. The van der Waals surface area contributed by atoms with Gasteiger partial charge in [-0.1, -0.05) is 0 Å². The highest BCUT2D eigenvalue weighted by Gasteiger charge is 2.32. The third-order valence-corrected chi connectivity index (χ3v) is 4.03. The average molecular weight is 286 g/mol. The van der Waals surface area contributed by atoms with Crippen LogP contribution in [0, 0.1) is 5.92 Å². The fourth-order valence-corrected chi connectivity index (χ4v) is 2.81. The van der Waals surface area contributed by atoms with Gasteiger partial charge in [0.2, 0.25) is 0 Å². The Labute approximate surface area is 118 Å². The number of carboxylic acids is 1. The Bertz CT molecular complexity index is 355. The van der Waals surface area contributed by atoms with E-state index >= 15 is 0 Å². The van der Waals surface area contributed by atoms with Crippen LogP contribution in [0.25, 0.3) is 0 Å². The smallest absolute Gasteiger partial charge is 0.320 e. The van der Waals surface area contributed by atoms with Crippen molar-refractivity contribution in [3.8, 4) is 0 Å². The highest BCUT2D eigenvalue weighted by Crippen LogP contribution is 2.22. The first-order valence-electron chi connectivity index (χ1n) is 7.07. The predicted molar refractivity (Wildman–Crippen MR) is 70.3 cm³/mol. The molecule has 1 unspecified atom stereocenters. The molecule has 2 fully saturated rings. The maximum atomic E-state index is 12.4. The van der Waals surface area contributed by atoms with E-state index in [1.54, 1.807) is 9.80 Å². The zero-order valence-electron chi connectivity index (χ0n) is 11.5. The van der Waals surface area contributed by atoms with Crippen LogP contribution < -0.4 is 0 Å². The Morgan fingerprint density at radius 2 is 1.90 bits per heavy atom. The lowest BCUT2D eigenvalue weighted by Crippen LogP contribution is -2.56. The molecule has 2 saturated heterocycles. The number of aliphatic hydroxyl groups is 1. The molecule has 0 saturated carbocycles. The molecule has 0 aromatic carbocycles. The van der Waals surface area contributed by atoms with Crippen molar-refractivity contribution in [3.05, 3.63) is 0 Å². The number of hydrogen-bond acceptors (Lipinski definition) is 4. The topological polar surface area (TPSA) is 90.3 Å². The summed E-state index contributed by atoms with van der Waals surface area (Å²) in [4.78, 5) is 26.5. The van der Waals surface area contributed by atoms with E-state index in [2.05, 4.69) is 0 Å². The van der Waals surface area contributed by atoms with Crippen LogP contribution in [0.1, 0.15) is 19.3 Å². The number of carbonyl (C=O) groups excluding carboxylic acids is 1. The summed E-state index contributed by atoms with van der Waals surface area (Å²) >= 11 is 0. The molecule has 2 N–H and O–H groups in total. The first kappa shape index (κ1) is 15.1. The molecule has 2 heterocycles. The van der Waals surface area contributed by atoms with Crippen molar-refractivity contribution >= 4 is 12.0 Å². The van der Waals surface area contributed by atoms with E-state index in [1.807, 2.05) is 0 Å². The number of rotatable bonds is 3. The molecule has 2 aliphatic heterocycles. The summed E-state index contributed by atoms with van der Waals surface area (Å²) < 4.78 is 5.26. The van der Waals surface area contributed by atoms with Gasteiger partial charge < -0.3 is 24.7 Å². The molecular formula is C13H22N2O5. The average Bonchev–Trinajstić information content (AvgIpc) is 2.46. The fourth-order valence-electron chi connectivity index (χ4n) is 2.81. The molecule has 2 amide bonds. The van der Waals surface area contributed by atoms with E-state index in [1.165, 1.54) is 0 Å². The maximum absolute atomic E-state index is 12.4. The lowest BCUT2D eigenvalue weighted by Gasteiger charge is -2.40. The number of amides is 2. The summed E-state index contributed by atoms with van der Waals surface area (Å²) in [6.45, 7) is 2.45. The highest BCUT2D eigenvalue weighted by atomic mass is 16.5. The molecule has 0 aliphatic carbocycles. The van der Waals surface area contributed by atoms with Crippen molar-refractivity contribution in [1.29, 1.82) is 0 Å². The van der Waals surface area contributed by atoms with Crippen LogP contribution in [0.4, 0.5) is 4.79 Å². The van der Waals surface area contributed by atoms with E-state index in [-0.39, 0.29) is 31.0 Å². The number of morpholine rings is 1. The van der Waals surface area contributed by atoms with Crippen LogP contribution in [0.5, 0.6) is 0 Å². The standard InChI is InChI=1S/C13H22N2O5/c16-8-11-9-20-6-5-15(11)13(19)14-3-1-10(2-4-14)7-12(17)18/h10-11,16H,1-9H2,(H,17,18). The Kier molecular flexibility index (Phi) is 5.19. The van der Waals surface area contributed by atoms with Crippen LogP contribution in [-0.2, 0) is 9.53 Å². The normalized spacial score (nSPS) is 24.8. The second-order valence-electron chi connectivity index (χ2n) is 5.42. The SMILES string of the molecule is O=C(O)CC1CCN(C(=O)N2CCOCC2CO)CC1. The first-order valence-corrected chi connectivity index (χ1v) is 7.07. The van der Waals surface area contributed by atoms with Crippen molar-refractivity contribution in [2.75, 3.05) is 39.5 Å². The van der Waals surface area contributed by atoms with Crippen molar-refractivity contribution in [1.82, 2.24) is 9.80 Å². The minimum atomic E-state index is -0.775. The van der Waals surface area contributed by atoms with Gasteiger partial charge in [0.05, 0.1) is 25.9 Å². The predicted octanol–water partition coefficient (Wildman–Crippen LogP) is -0.0138. The summed E-state index contributed by atoms with van der Waals surface area (Å²) in [5.74, 6) is -0.613. The van der Waals surface area contributed by atoms with Crippen LogP contribution in [0.2, 0.25) is 0 Å². The van der Waals surface area contributed by atoms with Crippen molar-refractivity contribution < 1.29 is 24.5 Å². The zero-order chi connectivity index (χ0) is 14.5. The van der Waals surface area contributed by atoms with Gasteiger partial charge in [0.25, 0.3) is 0 Å². The van der Waals surface area contributed by atoms with Crippen LogP contribution in [0.3, 0.4) is 0 Å². The number of likely N-dealkylation sites (tertiary alicyclic amines) is 1. The molecule has 0 radical (unpaired) electrons. The molecule has 7 heteroatoms. The minimum absolute atomic E-state index is 0.0684. The van der Waals surface area contributed by atoms with Gasteiger partial charge in [-0.25, -0.2) is 4.79 Å². The number of piperidine rings is 1. The second kappa shape index (κ2) is 6.90. The molecule has 0 aromatic heterocycles.